The number of carbonyl (C=O) groups is 1. The number of rotatable bonds is 4. The Bertz CT molecular complexity index is 844. The Morgan fingerprint density at radius 3 is 2.69 bits per heavy atom. The number of anilines is 1. The molecule has 1 aliphatic rings. The third kappa shape index (κ3) is 4.24. The highest BCUT2D eigenvalue weighted by atomic mass is 35.5. The first kappa shape index (κ1) is 18.4. The highest BCUT2D eigenvalue weighted by molar-refractivity contribution is 6.36. The number of halogens is 2. The van der Waals surface area contributed by atoms with Crippen molar-refractivity contribution in [3.05, 3.63) is 51.9 Å². The highest BCUT2D eigenvalue weighted by Crippen LogP contribution is 2.24. The van der Waals surface area contributed by atoms with Gasteiger partial charge in [-0.15, -0.1) is 0 Å². The van der Waals surface area contributed by atoms with Gasteiger partial charge in [0.15, 0.2) is 11.5 Å². The van der Waals surface area contributed by atoms with Crippen molar-refractivity contribution in [3.8, 4) is 6.07 Å². The molecule has 1 aromatic carbocycles. The number of benzene rings is 1. The molecule has 1 fully saturated rings. The molecule has 134 valence electrons. The van der Waals surface area contributed by atoms with E-state index in [0.29, 0.717) is 39.6 Å². The standard InChI is InChI=1S/C18H17Cl2N5O/c19-13-1-2-14(15(20)9-13)18(26)24-11-12-3-7-25(8-4-12)17-16(10-21)22-5-6-23-17/h1-2,5-6,9,12H,3-4,7-8,11H2,(H,24,26). The lowest BCUT2D eigenvalue weighted by atomic mass is 9.96. The smallest absolute Gasteiger partial charge is 0.252 e. The number of hydrogen-bond donors (Lipinski definition) is 1. The third-order valence-electron chi connectivity index (χ3n) is 4.43. The van der Waals surface area contributed by atoms with Gasteiger partial charge in [-0.05, 0) is 37.0 Å². The van der Waals surface area contributed by atoms with E-state index in [1.807, 2.05) is 0 Å². The number of carbonyl (C=O) groups excluding carboxylic acids is 1. The van der Waals surface area contributed by atoms with Gasteiger partial charge in [-0.2, -0.15) is 5.26 Å². The van der Waals surface area contributed by atoms with E-state index in [1.54, 1.807) is 24.4 Å². The predicted molar refractivity (Wildman–Crippen MR) is 100 cm³/mol. The minimum atomic E-state index is -0.199. The van der Waals surface area contributed by atoms with Crippen molar-refractivity contribution in [3.63, 3.8) is 0 Å². The van der Waals surface area contributed by atoms with Crippen LogP contribution in [0.2, 0.25) is 10.0 Å². The van der Waals surface area contributed by atoms with Crippen LogP contribution in [0.1, 0.15) is 28.9 Å². The molecule has 1 aliphatic heterocycles. The van der Waals surface area contributed by atoms with Crippen molar-refractivity contribution in [2.75, 3.05) is 24.5 Å². The minimum absolute atomic E-state index is 0.199. The van der Waals surface area contributed by atoms with Gasteiger partial charge in [-0.1, -0.05) is 23.2 Å². The van der Waals surface area contributed by atoms with Crippen molar-refractivity contribution in [2.45, 2.75) is 12.8 Å². The Kier molecular flexibility index (Phi) is 5.92. The number of aromatic nitrogens is 2. The zero-order valence-corrected chi connectivity index (χ0v) is 15.5. The third-order valence-corrected chi connectivity index (χ3v) is 4.97. The monoisotopic (exact) mass is 389 g/mol. The maximum absolute atomic E-state index is 12.3. The summed E-state index contributed by atoms with van der Waals surface area (Å²) in [7, 11) is 0. The minimum Gasteiger partial charge on any atom is -0.354 e. The topological polar surface area (TPSA) is 81.9 Å². The molecule has 6 nitrogen and oxygen atoms in total. The van der Waals surface area contributed by atoms with Crippen LogP contribution >= 0.6 is 23.2 Å². The first-order valence-electron chi connectivity index (χ1n) is 8.28. The summed E-state index contributed by atoms with van der Waals surface area (Å²) in [6.45, 7) is 2.13. The van der Waals surface area contributed by atoms with Gasteiger partial charge in [0.05, 0.1) is 10.6 Å². The molecule has 2 heterocycles. The molecular formula is C18H17Cl2N5O. The molecule has 1 aromatic heterocycles. The fourth-order valence-electron chi connectivity index (χ4n) is 3.00. The van der Waals surface area contributed by atoms with Crippen LogP contribution in [0.3, 0.4) is 0 Å². The second-order valence-electron chi connectivity index (χ2n) is 6.10. The average molecular weight is 390 g/mol. The molecule has 0 unspecified atom stereocenters. The molecule has 0 bridgehead atoms. The molecule has 1 saturated heterocycles. The van der Waals surface area contributed by atoms with Gasteiger partial charge in [0.2, 0.25) is 0 Å². The first-order valence-corrected chi connectivity index (χ1v) is 9.03. The lowest BCUT2D eigenvalue weighted by Gasteiger charge is -2.32. The van der Waals surface area contributed by atoms with E-state index < -0.39 is 0 Å². The van der Waals surface area contributed by atoms with Crippen LogP contribution in [-0.4, -0.2) is 35.5 Å². The molecule has 26 heavy (non-hydrogen) atoms. The van der Waals surface area contributed by atoms with E-state index in [0.717, 1.165) is 25.9 Å². The van der Waals surface area contributed by atoms with Crippen LogP contribution in [0.25, 0.3) is 0 Å². The van der Waals surface area contributed by atoms with Crippen LogP contribution in [0, 0.1) is 17.2 Å². The van der Waals surface area contributed by atoms with E-state index in [4.69, 9.17) is 28.5 Å². The van der Waals surface area contributed by atoms with Gasteiger partial charge >= 0.3 is 0 Å². The maximum atomic E-state index is 12.3. The summed E-state index contributed by atoms with van der Waals surface area (Å²) in [5, 5.41) is 12.9. The number of piperidine rings is 1. The van der Waals surface area contributed by atoms with Gasteiger partial charge in [0, 0.05) is 37.1 Å². The van der Waals surface area contributed by atoms with Crippen molar-refractivity contribution < 1.29 is 4.79 Å². The van der Waals surface area contributed by atoms with E-state index in [2.05, 4.69) is 26.3 Å². The first-order chi connectivity index (χ1) is 12.6. The number of nitriles is 1. The van der Waals surface area contributed by atoms with E-state index in [9.17, 15) is 4.79 Å². The van der Waals surface area contributed by atoms with Crippen LogP contribution in [0.4, 0.5) is 5.82 Å². The average Bonchev–Trinajstić information content (AvgIpc) is 2.66. The lowest BCUT2D eigenvalue weighted by Crippen LogP contribution is -2.39. The Balaban J connectivity index is 1.53. The quantitative estimate of drug-likeness (QED) is 0.866. The van der Waals surface area contributed by atoms with Crippen LogP contribution in [0.5, 0.6) is 0 Å². The van der Waals surface area contributed by atoms with Crippen molar-refractivity contribution >= 4 is 34.9 Å². The zero-order valence-electron chi connectivity index (χ0n) is 14.0. The molecule has 0 atom stereocenters. The molecule has 0 radical (unpaired) electrons. The normalized spacial score (nSPS) is 14.7. The van der Waals surface area contributed by atoms with Crippen LogP contribution in [0.15, 0.2) is 30.6 Å². The lowest BCUT2D eigenvalue weighted by molar-refractivity contribution is 0.0945. The van der Waals surface area contributed by atoms with E-state index >= 15 is 0 Å². The molecule has 8 heteroatoms. The second kappa shape index (κ2) is 8.35. The van der Waals surface area contributed by atoms with Crippen molar-refractivity contribution in [1.82, 2.24) is 15.3 Å². The molecule has 1 amide bonds. The van der Waals surface area contributed by atoms with Gasteiger partial charge < -0.3 is 10.2 Å². The summed E-state index contributed by atoms with van der Waals surface area (Å²) < 4.78 is 0. The largest absolute Gasteiger partial charge is 0.354 e. The summed E-state index contributed by atoms with van der Waals surface area (Å²) >= 11 is 11.9. The van der Waals surface area contributed by atoms with E-state index in [-0.39, 0.29) is 5.91 Å². The Hall–Kier alpha value is -2.36. The Morgan fingerprint density at radius 2 is 2.00 bits per heavy atom. The fraction of sp³-hybridized carbons (Fsp3) is 0.333. The van der Waals surface area contributed by atoms with Crippen molar-refractivity contribution in [1.29, 1.82) is 5.26 Å². The predicted octanol–water partition coefficient (Wildman–Crippen LogP) is 3.30. The van der Waals surface area contributed by atoms with Gasteiger partial charge in [-0.25, -0.2) is 9.97 Å². The van der Waals surface area contributed by atoms with Crippen LogP contribution in [-0.2, 0) is 0 Å². The van der Waals surface area contributed by atoms with Crippen LogP contribution < -0.4 is 10.2 Å². The van der Waals surface area contributed by atoms with Gasteiger partial charge in [0.25, 0.3) is 5.91 Å². The van der Waals surface area contributed by atoms with E-state index in [1.165, 1.54) is 6.20 Å². The SMILES string of the molecule is N#Cc1nccnc1N1CCC(CNC(=O)c2ccc(Cl)cc2Cl)CC1. The fourth-order valence-corrected chi connectivity index (χ4v) is 3.49. The molecule has 1 N–H and O–H groups in total. The Labute approximate surface area is 161 Å². The van der Waals surface area contributed by atoms with Gasteiger partial charge in [0.1, 0.15) is 6.07 Å². The molecular weight excluding hydrogens is 373 g/mol. The summed E-state index contributed by atoms with van der Waals surface area (Å²) in [6.07, 6.45) is 4.91. The molecule has 0 aliphatic carbocycles. The molecule has 0 spiro atoms. The summed E-state index contributed by atoms with van der Waals surface area (Å²) in [4.78, 5) is 22.7. The summed E-state index contributed by atoms with van der Waals surface area (Å²) in [5.74, 6) is 0.795. The van der Waals surface area contributed by atoms with Crippen molar-refractivity contribution in [2.24, 2.45) is 5.92 Å². The summed E-state index contributed by atoms with van der Waals surface area (Å²) in [6, 6.07) is 6.91. The molecule has 0 saturated carbocycles. The summed E-state index contributed by atoms with van der Waals surface area (Å²) in [5.41, 5.74) is 0.767. The molecule has 2 aromatic rings. The number of nitrogens with one attached hydrogen (secondary N) is 1. The zero-order chi connectivity index (χ0) is 18.5. The number of hydrogen-bond acceptors (Lipinski definition) is 5. The highest BCUT2D eigenvalue weighted by Gasteiger charge is 2.23. The number of amides is 1. The van der Waals surface area contributed by atoms with Gasteiger partial charge in [-0.3, -0.25) is 4.79 Å². The maximum Gasteiger partial charge on any atom is 0.252 e. The molecule has 3 rings (SSSR count). The Morgan fingerprint density at radius 1 is 1.27 bits per heavy atom. The number of nitrogens with zero attached hydrogens (tertiary/aromatic N) is 4. The second-order valence-corrected chi connectivity index (χ2v) is 6.95.